The fourth-order valence-corrected chi connectivity index (χ4v) is 2.75. The third-order valence-corrected chi connectivity index (χ3v) is 3.56. The van der Waals surface area contributed by atoms with Gasteiger partial charge in [0.1, 0.15) is 0 Å². The molecule has 0 aliphatic carbocycles. The molecule has 1 aliphatic heterocycles. The minimum atomic E-state index is 0.0381. The average Bonchev–Trinajstić information content (AvgIpc) is 2.61. The molecular formula is C15H15NO. The van der Waals surface area contributed by atoms with Gasteiger partial charge < -0.3 is 5.32 Å². The van der Waals surface area contributed by atoms with Crippen molar-refractivity contribution in [2.75, 3.05) is 5.32 Å². The molecule has 1 amide bonds. The lowest BCUT2D eigenvalue weighted by atomic mass is 9.90. The van der Waals surface area contributed by atoms with Crippen LogP contribution in [-0.4, -0.2) is 5.91 Å². The van der Waals surface area contributed by atoms with Gasteiger partial charge in [-0.3, -0.25) is 4.79 Å². The second-order valence-corrected chi connectivity index (χ2v) is 4.98. The van der Waals surface area contributed by atoms with Gasteiger partial charge in [-0.2, -0.15) is 0 Å². The molecule has 0 saturated carbocycles. The van der Waals surface area contributed by atoms with Crippen LogP contribution in [0.1, 0.15) is 41.3 Å². The minimum Gasteiger partial charge on any atom is -0.321 e. The zero-order valence-corrected chi connectivity index (χ0v) is 10.3. The average molecular weight is 225 g/mol. The van der Waals surface area contributed by atoms with Gasteiger partial charge in [-0.25, -0.2) is 0 Å². The van der Waals surface area contributed by atoms with E-state index in [1.807, 2.05) is 19.1 Å². The van der Waals surface area contributed by atoms with E-state index in [4.69, 9.17) is 0 Å². The van der Waals surface area contributed by atoms with Crippen molar-refractivity contribution in [3.63, 3.8) is 0 Å². The standard InChI is InChI=1S/C15H15NO/c1-8(2)11-7-10-5-4-6-12-14(10)13(9(11)3)15(17)16-12/h4-8H,1-3H3,(H,16,17). The van der Waals surface area contributed by atoms with E-state index >= 15 is 0 Å². The van der Waals surface area contributed by atoms with Crippen molar-refractivity contribution in [3.05, 3.63) is 41.0 Å². The van der Waals surface area contributed by atoms with Gasteiger partial charge in [-0.1, -0.05) is 32.0 Å². The van der Waals surface area contributed by atoms with E-state index < -0.39 is 0 Å². The molecule has 0 saturated heterocycles. The molecule has 0 bridgehead atoms. The monoisotopic (exact) mass is 225 g/mol. The summed E-state index contributed by atoms with van der Waals surface area (Å²) in [4.78, 5) is 12.0. The summed E-state index contributed by atoms with van der Waals surface area (Å²) < 4.78 is 0. The molecule has 2 aromatic rings. The summed E-state index contributed by atoms with van der Waals surface area (Å²) >= 11 is 0. The maximum Gasteiger partial charge on any atom is 0.256 e. The first-order valence-corrected chi connectivity index (χ1v) is 5.97. The Morgan fingerprint density at radius 3 is 2.71 bits per heavy atom. The van der Waals surface area contributed by atoms with E-state index in [2.05, 4.69) is 31.3 Å². The predicted octanol–water partition coefficient (Wildman–Crippen LogP) is 3.84. The summed E-state index contributed by atoms with van der Waals surface area (Å²) in [5.41, 5.74) is 4.19. The highest BCUT2D eigenvalue weighted by Crippen LogP contribution is 2.38. The summed E-state index contributed by atoms with van der Waals surface area (Å²) in [6.45, 7) is 6.38. The molecule has 17 heavy (non-hydrogen) atoms. The Labute approximate surface area is 101 Å². The van der Waals surface area contributed by atoms with E-state index in [1.54, 1.807) is 0 Å². The first-order chi connectivity index (χ1) is 8.09. The summed E-state index contributed by atoms with van der Waals surface area (Å²) in [5, 5.41) is 5.18. The Morgan fingerprint density at radius 1 is 1.24 bits per heavy atom. The Hall–Kier alpha value is -1.83. The van der Waals surface area contributed by atoms with E-state index in [-0.39, 0.29) is 5.91 Å². The van der Waals surface area contributed by atoms with Gasteiger partial charge in [0.05, 0.1) is 5.56 Å². The zero-order chi connectivity index (χ0) is 12.2. The third kappa shape index (κ3) is 1.30. The number of carbonyl (C=O) groups excluding carboxylic acids is 1. The third-order valence-electron chi connectivity index (χ3n) is 3.56. The summed E-state index contributed by atoms with van der Waals surface area (Å²) in [7, 11) is 0. The molecule has 86 valence electrons. The Bertz CT molecular complexity index is 641. The second-order valence-electron chi connectivity index (χ2n) is 4.98. The van der Waals surface area contributed by atoms with Gasteiger partial charge in [0.25, 0.3) is 5.91 Å². The molecule has 0 atom stereocenters. The molecule has 3 rings (SSSR count). The Balaban J connectivity index is 2.48. The minimum absolute atomic E-state index is 0.0381. The van der Waals surface area contributed by atoms with Gasteiger partial charge in [0.2, 0.25) is 0 Å². The van der Waals surface area contributed by atoms with Gasteiger partial charge in [0, 0.05) is 11.1 Å². The molecule has 1 heterocycles. The number of anilines is 1. The van der Waals surface area contributed by atoms with Crippen LogP contribution in [-0.2, 0) is 0 Å². The van der Waals surface area contributed by atoms with Crippen LogP contribution in [0.4, 0.5) is 5.69 Å². The van der Waals surface area contributed by atoms with Crippen molar-refractivity contribution < 1.29 is 4.79 Å². The molecule has 0 aromatic heterocycles. The predicted molar refractivity (Wildman–Crippen MR) is 70.7 cm³/mol. The number of hydrogen-bond donors (Lipinski definition) is 1. The van der Waals surface area contributed by atoms with Gasteiger partial charge in [0.15, 0.2) is 0 Å². The first-order valence-electron chi connectivity index (χ1n) is 5.97. The van der Waals surface area contributed by atoms with Crippen LogP contribution < -0.4 is 5.32 Å². The van der Waals surface area contributed by atoms with Crippen molar-refractivity contribution in [1.82, 2.24) is 0 Å². The molecule has 0 fully saturated rings. The molecule has 2 nitrogen and oxygen atoms in total. The topological polar surface area (TPSA) is 29.1 Å². The SMILES string of the molecule is Cc1c(C(C)C)cc2cccc3c2c1C(=O)N3. The first kappa shape index (κ1) is 10.3. The fourth-order valence-electron chi connectivity index (χ4n) is 2.75. The number of rotatable bonds is 1. The quantitative estimate of drug-likeness (QED) is 0.785. The normalized spacial score (nSPS) is 13.5. The van der Waals surface area contributed by atoms with Crippen LogP contribution in [0.2, 0.25) is 0 Å². The van der Waals surface area contributed by atoms with Gasteiger partial charge >= 0.3 is 0 Å². The van der Waals surface area contributed by atoms with Crippen molar-refractivity contribution in [2.45, 2.75) is 26.7 Å². The summed E-state index contributed by atoms with van der Waals surface area (Å²) in [6, 6.07) is 8.24. The van der Waals surface area contributed by atoms with Crippen molar-refractivity contribution in [2.24, 2.45) is 0 Å². The lowest BCUT2D eigenvalue weighted by Crippen LogP contribution is -2.07. The highest BCUT2D eigenvalue weighted by Gasteiger charge is 2.25. The van der Waals surface area contributed by atoms with E-state index in [1.165, 1.54) is 5.56 Å². The lowest BCUT2D eigenvalue weighted by molar-refractivity contribution is 0.103. The zero-order valence-electron chi connectivity index (χ0n) is 10.3. The lowest BCUT2D eigenvalue weighted by Gasteiger charge is -2.13. The van der Waals surface area contributed by atoms with Crippen LogP contribution in [0.5, 0.6) is 0 Å². The van der Waals surface area contributed by atoms with Crippen LogP contribution in [0.15, 0.2) is 24.3 Å². The molecule has 0 spiro atoms. The molecule has 0 radical (unpaired) electrons. The van der Waals surface area contributed by atoms with Crippen molar-refractivity contribution >= 4 is 22.4 Å². The molecular weight excluding hydrogens is 210 g/mol. The molecule has 2 heteroatoms. The highest BCUT2D eigenvalue weighted by molar-refractivity contribution is 6.24. The van der Waals surface area contributed by atoms with Crippen LogP contribution in [0.3, 0.4) is 0 Å². The molecule has 0 unspecified atom stereocenters. The number of amides is 1. The Kier molecular flexibility index (Phi) is 2.02. The molecule has 1 aliphatic rings. The van der Waals surface area contributed by atoms with Crippen LogP contribution in [0, 0.1) is 6.92 Å². The second kappa shape index (κ2) is 3.33. The largest absolute Gasteiger partial charge is 0.321 e. The number of benzene rings is 2. The summed E-state index contributed by atoms with van der Waals surface area (Å²) in [5.74, 6) is 0.476. The fraction of sp³-hybridized carbons (Fsp3) is 0.267. The smallest absolute Gasteiger partial charge is 0.256 e. The maximum absolute atomic E-state index is 12.0. The van der Waals surface area contributed by atoms with Crippen LogP contribution >= 0.6 is 0 Å². The molecule has 2 aromatic carbocycles. The van der Waals surface area contributed by atoms with Crippen molar-refractivity contribution in [3.8, 4) is 0 Å². The van der Waals surface area contributed by atoms with Gasteiger partial charge in [-0.15, -0.1) is 0 Å². The summed E-state index contributed by atoms with van der Waals surface area (Å²) in [6.07, 6.45) is 0. The van der Waals surface area contributed by atoms with E-state index in [0.29, 0.717) is 5.92 Å². The van der Waals surface area contributed by atoms with Crippen molar-refractivity contribution in [1.29, 1.82) is 0 Å². The number of hydrogen-bond acceptors (Lipinski definition) is 1. The Morgan fingerprint density at radius 2 is 2.00 bits per heavy atom. The van der Waals surface area contributed by atoms with Crippen LogP contribution in [0.25, 0.3) is 10.8 Å². The molecule has 1 N–H and O–H groups in total. The van der Waals surface area contributed by atoms with E-state index in [0.717, 1.165) is 27.6 Å². The number of carbonyl (C=O) groups is 1. The maximum atomic E-state index is 12.0. The van der Waals surface area contributed by atoms with E-state index in [9.17, 15) is 4.79 Å². The van der Waals surface area contributed by atoms with Gasteiger partial charge in [-0.05, 0) is 35.4 Å². The highest BCUT2D eigenvalue weighted by atomic mass is 16.1. The number of nitrogens with one attached hydrogen (secondary N) is 1.